The zero-order chi connectivity index (χ0) is 17.2. The third-order valence-corrected chi connectivity index (χ3v) is 4.53. The largest absolute Gasteiger partial charge is 0.478 e. The second kappa shape index (κ2) is 6.85. The Kier molecular flexibility index (Phi) is 4.81. The molecule has 0 unspecified atom stereocenters. The first-order valence-electron chi connectivity index (χ1n) is 8.19. The quantitative estimate of drug-likeness (QED) is 0.918. The highest BCUT2D eigenvalue weighted by molar-refractivity contribution is 6.30. The first kappa shape index (κ1) is 16.8. The van der Waals surface area contributed by atoms with E-state index in [1.54, 1.807) is 32.2 Å². The van der Waals surface area contributed by atoms with Crippen LogP contribution in [0.25, 0.3) is 0 Å². The van der Waals surface area contributed by atoms with E-state index in [2.05, 4.69) is 9.97 Å². The van der Waals surface area contributed by atoms with E-state index < -0.39 is 5.60 Å². The Balaban J connectivity index is 1.69. The zero-order valence-electron chi connectivity index (χ0n) is 14.0. The molecule has 0 radical (unpaired) electrons. The van der Waals surface area contributed by atoms with Crippen LogP contribution >= 0.6 is 11.6 Å². The summed E-state index contributed by atoms with van der Waals surface area (Å²) in [5.41, 5.74) is -0.949. The van der Waals surface area contributed by atoms with Gasteiger partial charge in [0.15, 0.2) is 5.60 Å². The van der Waals surface area contributed by atoms with Crippen molar-refractivity contribution >= 4 is 17.5 Å². The fraction of sp³-hybridized carbons (Fsp3) is 0.444. The number of carbonyl (C=O) groups excluding carboxylic acids is 1. The Morgan fingerprint density at radius 1 is 1.46 bits per heavy atom. The number of ether oxygens (including phenoxy) is 1. The fourth-order valence-electron chi connectivity index (χ4n) is 3.14. The SMILES string of the molecule is CC(C)(Oc1cccc(Cl)c1)C(=O)N1CCC[C@H](c2ncc[nH]2)C1. The first-order valence-corrected chi connectivity index (χ1v) is 8.57. The van der Waals surface area contributed by atoms with Crippen molar-refractivity contribution in [3.8, 4) is 5.75 Å². The topological polar surface area (TPSA) is 58.2 Å². The molecule has 1 saturated heterocycles. The van der Waals surface area contributed by atoms with Gasteiger partial charge in [0, 0.05) is 36.4 Å². The van der Waals surface area contributed by atoms with Crippen molar-refractivity contribution < 1.29 is 9.53 Å². The number of benzene rings is 1. The number of aromatic nitrogens is 2. The molecule has 24 heavy (non-hydrogen) atoms. The third kappa shape index (κ3) is 3.73. The van der Waals surface area contributed by atoms with Crippen LogP contribution in [0.2, 0.25) is 5.02 Å². The molecule has 0 bridgehead atoms. The molecule has 2 heterocycles. The van der Waals surface area contributed by atoms with Crippen LogP contribution in [0.3, 0.4) is 0 Å². The smallest absolute Gasteiger partial charge is 0.266 e. The number of hydrogen-bond donors (Lipinski definition) is 1. The van der Waals surface area contributed by atoms with Gasteiger partial charge >= 0.3 is 0 Å². The fourth-order valence-corrected chi connectivity index (χ4v) is 3.32. The number of rotatable bonds is 4. The average Bonchev–Trinajstić information content (AvgIpc) is 3.08. The molecule has 1 atom stereocenters. The molecular weight excluding hydrogens is 326 g/mol. The molecule has 0 spiro atoms. The summed E-state index contributed by atoms with van der Waals surface area (Å²) in [6.07, 6.45) is 5.57. The van der Waals surface area contributed by atoms with Gasteiger partial charge in [-0.1, -0.05) is 17.7 Å². The van der Waals surface area contributed by atoms with E-state index in [-0.39, 0.29) is 11.8 Å². The Labute approximate surface area is 147 Å². The molecule has 0 aliphatic carbocycles. The van der Waals surface area contributed by atoms with E-state index >= 15 is 0 Å². The highest BCUT2D eigenvalue weighted by atomic mass is 35.5. The molecular formula is C18H22ClN3O2. The molecule has 3 rings (SSSR count). The lowest BCUT2D eigenvalue weighted by molar-refractivity contribution is -0.146. The Hall–Kier alpha value is -2.01. The minimum absolute atomic E-state index is 0.0151. The lowest BCUT2D eigenvalue weighted by atomic mass is 9.95. The van der Waals surface area contributed by atoms with Gasteiger partial charge in [-0.2, -0.15) is 0 Å². The molecule has 1 fully saturated rings. The number of nitrogens with zero attached hydrogens (tertiary/aromatic N) is 2. The van der Waals surface area contributed by atoms with Crippen LogP contribution in [0.1, 0.15) is 38.4 Å². The van der Waals surface area contributed by atoms with Gasteiger partial charge < -0.3 is 14.6 Å². The Morgan fingerprint density at radius 2 is 2.29 bits per heavy atom. The molecule has 1 amide bonds. The van der Waals surface area contributed by atoms with E-state index in [1.807, 2.05) is 23.2 Å². The summed E-state index contributed by atoms with van der Waals surface area (Å²) in [7, 11) is 0. The predicted octanol–water partition coefficient (Wildman–Crippen LogP) is 3.63. The number of halogens is 1. The normalized spacial score (nSPS) is 18.5. The van der Waals surface area contributed by atoms with E-state index in [4.69, 9.17) is 16.3 Å². The van der Waals surface area contributed by atoms with Gasteiger partial charge in [0.05, 0.1) is 0 Å². The van der Waals surface area contributed by atoms with Crippen LogP contribution in [-0.2, 0) is 4.79 Å². The Morgan fingerprint density at radius 3 is 3.00 bits per heavy atom. The van der Waals surface area contributed by atoms with Crippen LogP contribution in [0, 0.1) is 0 Å². The summed E-state index contributed by atoms with van der Waals surface area (Å²) < 4.78 is 5.92. The van der Waals surface area contributed by atoms with Crippen LogP contribution < -0.4 is 4.74 Å². The molecule has 5 nitrogen and oxygen atoms in total. The molecule has 1 aromatic heterocycles. The average molecular weight is 348 g/mol. The van der Waals surface area contributed by atoms with E-state index in [0.717, 1.165) is 25.2 Å². The molecule has 0 saturated carbocycles. The zero-order valence-corrected chi connectivity index (χ0v) is 14.7. The maximum absolute atomic E-state index is 13.0. The van der Waals surface area contributed by atoms with Gasteiger partial charge in [0.1, 0.15) is 11.6 Å². The van der Waals surface area contributed by atoms with Gasteiger partial charge in [-0.15, -0.1) is 0 Å². The van der Waals surface area contributed by atoms with Crippen molar-refractivity contribution in [2.45, 2.75) is 38.2 Å². The summed E-state index contributed by atoms with van der Waals surface area (Å²) >= 11 is 5.99. The monoisotopic (exact) mass is 347 g/mol. The highest BCUT2D eigenvalue weighted by Crippen LogP contribution is 2.28. The maximum Gasteiger partial charge on any atom is 0.266 e. The van der Waals surface area contributed by atoms with Crippen molar-refractivity contribution in [2.75, 3.05) is 13.1 Å². The van der Waals surface area contributed by atoms with Crippen molar-refractivity contribution in [2.24, 2.45) is 0 Å². The summed E-state index contributed by atoms with van der Waals surface area (Å²) in [6, 6.07) is 7.12. The van der Waals surface area contributed by atoms with E-state index in [0.29, 0.717) is 17.3 Å². The van der Waals surface area contributed by atoms with Gasteiger partial charge in [0.2, 0.25) is 0 Å². The van der Waals surface area contributed by atoms with Gasteiger partial charge in [0.25, 0.3) is 5.91 Å². The number of imidazole rings is 1. The lowest BCUT2D eigenvalue weighted by Gasteiger charge is -2.37. The van der Waals surface area contributed by atoms with E-state index in [1.165, 1.54) is 0 Å². The highest BCUT2D eigenvalue weighted by Gasteiger charge is 2.37. The summed E-state index contributed by atoms with van der Waals surface area (Å²) in [5.74, 6) is 1.78. The molecule has 1 aliphatic heterocycles. The second-order valence-electron chi connectivity index (χ2n) is 6.63. The van der Waals surface area contributed by atoms with Crippen LogP contribution in [-0.4, -0.2) is 39.5 Å². The van der Waals surface area contributed by atoms with Crippen LogP contribution in [0.15, 0.2) is 36.7 Å². The minimum atomic E-state index is -0.949. The minimum Gasteiger partial charge on any atom is -0.478 e. The summed E-state index contributed by atoms with van der Waals surface area (Å²) in [4.78, 5) is 22.3. The second-order valence-corrected chi connectivity index (χ2v) is 7.07. The van der Waals surface area contributed by atoms with Crippen LogP contribution in [0.4, 0.5) is 0 Å². The molecule has 1 N–H and O–H groups in total. The standard InChI is InChI=1S/C18H22ClN3O2/c1-18(2,24-15-7-3-6-14(19)11-15)17(23)22-10-4-5-13(12-22)16-20-8-9-21-16/h3,6-9,11,13H,4-5,10,12H2,1-2H3,(H,20,21)/t13-/m0/s1. The van der Waals surface area contributed by atoms with Crippen molar-refractivity contribution in [3.05, 3.63) is 47.5 Å². The van der Waals surface area contributed by atoms with Crippen LogP contribution in [0.5, 0.6) is 5.75 Å². The number of carbonyl (C=O) groups is 1. The number of H-pyrrole nitrogens is 1. The number of hydrogen-bond acceptors (Lipinski definition) is 3. The molecule has 128 valence electrons. The van der Waals surface area contributed by atoms with Gasteiger partial charge in [-0.05, 0) is 44.9 Å². The maximum atomic E-state index is 13.0. The van der Waals surface area contributed by atoms with Crippen molar-refractivity contribution in [1.82, 2.24) is 14.9 Å². The molecule has 2 aromatic rings. The first-order chi connectivity index (χ1) is 11.5. The van der Waals surface area contributed by atoms with Crippen molar-refractivity contribution in [3.63, 3.8) is 0 Å². The third-order valence-electron chi connectivity index (χ3n) is 4.30. The predicted molar refractivity (Wildman–Crippen MR) is 93.3 cm³/mol. The van der Waals surface area contributed by atoms with Gasteiger partial charge in [-0.25, -0.2) is 4.98 Å². The molecule has 1 aliphatic rings. The van der Waals surface area contributed by atoms with Crippen molar-refractivity contribution in [1.29, 1.82) is 0 Å². The number of likely N-dealkylation sites (tertiary alicyclic amines) is 1. The molecule has 1 aromatic carbocycles. The number of aromatic amines is 1. The summed E-state index contributed by atoms with van der Waals surface area (Å²) in [5, 5.41) is 0.589. The lowest BCUT2D eigenvalue weighted by Crippen LogP contribution is -2.51. The number of amides is 1. The van der Waals surface area contributed by atoms with E-state index in [9.17, 15) is 4.79 Å². The number of piperidine rings is 1. The number of nitrogens with one attached hydrogen (secondary N) is 1. The summed E-state index contributed by atoms with van der Waals surface area (Å²) in [6.45, 7) is 5.01. The molecule has 6 heteroatoms. The Bertz CT molecular complexity index is 700. The van der Waals surface area contributed by atoms with Gasteiger partial charge in [-0.3, -0.25) is 4.79 Å².